The molecule has 0 saturated carbocycles. The van der Waals surface area contributed by atoms with Crippen LogP contribution in [0.4, 0.5) is 5.13 Å². The minimum absolute atomic E-state index is 0.200. The molecule has 0 atom stereocenters. The summed E-state index contributed by atoms with van der Waals surface area (Å²) < 4.78 is 5.27. The number of rotatable bonds is 6. The largest absolute Gasteiger partial charge is 0.422 e. The molecule has 2 heterocycles. The van der Waals surface area contributed by atoms with Gasteiger partial charge in [-0.15, -0.1) is 21.5 Å². The fraction of sp³-hybridized carbons (Fsp3) is 0. The molecule has 0 spiro atoms. The fourth-order valence-corrected chi connectivity index (χ4v) is 3.86. The highest BCUT2D eigenvalue weighted by Crippen LogP contribution is 2.25. The zero-order valence-corrected chi connectivity index (χ0v) is 18.4. The van der Waals surface area contributed by atoms with Crippen LogP contribution < -0.4 is 15.5 Å². The number of hydrogen-bond acceptors (Lipinski definition) is 9. The molecule has 164 valence electrons. The van der Waals surface area contributed by atoms with Crippen molar-refractivity contribution in [3.8, 4) is 16.3 Å². The number of nitrogens with zero attached hydrogens (tertiary/aromatic N) is 3. The van der Waals surface area contributed by atoms with Crippen LogP contribution in [0.1, 0.15) is 15.2 Å². The molecule has 0 aliphatic heterocycles. The van der Waals surface area contributed by atoms with Crippen LogP contribution in [0.3, 0.4) is 0 Å². The Morgan fingerprint density at radius 1 is 0.909 bits per heavy atom. The van der Waals surface area contributed by atoms with E-state index in [0.717, 1.165) is 16.9 Å². The monoisotopic (exact) mass is 477 g/mol. The number of anilines is 1. The Kier molecular flexibility index (Phi) is 6.93. The van der Waals surface area contributed by atoms with Crippen LogP contribution in [0.5, 0.6) is 5.75 Å². The van der Waals surface area contributed by atoms with Gasteiger partial charge in [-0.1, -0.05) is 47.7 Å². The van der Waals surface area contributed by atoms with Crippen LogP contribution >= 0.6 is 22.7 Å². The lowest BCUT2D eigenvalue weighted by Crippen LogP contribution is -2.32. The number of esters is 1. The Balaban J connectivity index is 1.26. The quantitative estimate of drug-likeness (QED) is 0.144. The summed E-state index contributed by atoms with van der Waals surface area (Å²) in [6, 6.07) is 19.3. The number of hydrazone groups is 1. The van der Waals surface area contributed by atoms with E-state index < -0.39 is 17.8 Å². The SMILES string of the molecule is O=C(NN=Cc1ccc(OC(=O)c2cccs2)cc1)C(=O)Nc1nnc(-c2ccccc2)s1. The van der Waals surface area contributed by atoms with Gasteiger partial charge in [-0.2, -0.15) is 5.10 Å². The van der Waals surface area contributed by atoms with Gasteiger partial charge in [0.25, 0.3) is 0 Å². The molecule has 4 rings (SSSR count). The van der Waals surface area contributed by atoms with E-state index in [9.17, 15) is 14.4 Å². The maximum atomic E-state index is 12.0. The summed E-state index contributed by atoms with van der Waals surface area (Å²) in [5.41, 5.74) is 3.63. The predicted molar refractivity (Wildman–Crippen MR) is 125 cm³/mol. The third-order valence-corrected chi connectivity index (χ3v) is 5.80. The lowest BCUT2D eigenvalue weighted by molar-refractivity contribution is -0.136. The highest BCUT2D eigenvalue weighted by molar-refractivity contribution is 7.18. The Morgan fingerprint density at radius 2 is 1.70 bits per heavy atom. The first kappa shape index (κ1) is 22.0. The Morgan fingerprint density at radius 3 is 2.42 bits per heavy atom. The molecule has 0 bridgehead atoms. The number of benzene rings is 2. The third-order valence-electron chi connectivity index (χ3n) is 4.07. The number of nitrogens with one attached hydrogen (secondary N) is 2. The van der Waals surface area contributed by atoms with Gasteiger partial charge in [-0.25, -0.2) is 10.2 Å². The van der Waals surface area contributed by atoms with Gasteiger partial charge in [0.2, 0.25) is 5.13 Å². The van der Waals surface area contributed by atoms with Gasteiger partial charge < -0.3 is 4.74 Å². The van der Waals surface area contributed by atoms with Gasteiger partial charge >= 0.3 is 17.8 Å². The molecule has 33 heavy (non-hydrogen) atoms. The summed E-state index contributed by atoms with van der Waals surface area (Å²) in [6.07, 6.45) is 1.36. The normalized spacial score (nSPS) is 10.7. The van der Waals surface area contributed by atoms with Gasteiger partial charge in [-0.05, 0) is 41.3 Å². The molecule has 9 nitrogen and oxygen atoms in total. The van der Waals surface area contributed by atoms with Gasteiger partial charge in [0.15, 0.2) is 0 Å². The Bertz CT molecular complexity index is 1290. The Hall–Kier alpha value is -4.22. The third kappa shape index (κ3) is 5.93. The highest BCUT2D eigenvalue weighted by atomic mass is 32.1. The van der Waals surface area contributed by atoms with Crippen molar-refractivity contribution in [1.82, 2.24) is 15.6 Å². The first-order valence-electron chi connectivity index (χ1n) is 9.47. The summed E-state index contributed by atoms with van der Waals surface area (Å²) in [5.74, 6) is -1.93. The highest BCUT2D eigenvalue weighted by Gasteiger charge is 2.16. The van der Waals surface area contributed by atoms with E-state index >= 15 is 0 Å². The van der Waals surface area contributed by atoms with Crippen LogP contribution in [0.25, 0.3) is 10.6 Å². The second-order valence-corrected chi connectivity index (χ2v) is 8.29. The molecule has 0 saturated heterocycles. The van der Waals surface area contributed by atoms with Gasteiger partial charge in [0, 0.05) is 5.56 Å². The molecule has 2 aromatic heterocycles. The lowest BCUT2D eigenvalue weighted by atomic mass is 10.2. The van der Waals surface area contributed by atoms with E-state index in [1.54, 1.807) is 41.8 Å². The van der Waals surface area contributed by atoms with Crippen molar-refractivity contribution in [3.05, 3.63) is 82.6 Å². The number of carbonyl (C=O) groups excluding carboxylic acids is 3. The summed E-state index contributed by atoms with van der Waals surface area (Å²) >= 11 is 2.44. The molecule has 0 unspecified atom stereocenters. The molecule has 0 radical (unpaired) electrons. The van der Waals surface area contributed by atoms with Crippen LogP contribution in [0.2, 0.25) is 0 Å². The predicted octanol–water partition coefficient (Wildman–Crippen LogP) is 3.57. The molecule has 2 N–H and O–H groups in total. The number of thiophene rings is 1. The number of carbonyl (C=O) groups is 3. The van der Waals surface area contributed by atoms with E-state index in [-0.39, 0.29) is 5.13 Å². The average molecular weight is 478 g/mol. The molecule has 4 aromatic rings. The number of ether oxygens (including phenoxy) is 1. The van der Waals surface area contributed by atoms with Crippen molar-refractivity contribution >= 4 is 51.8 Å². The second kappa shape index (κ2) is 10.4. The van der Waals surface area contributed by atoms with E-state index in [4.69, 9.17) is 4.74 Å². The van der Waals surface area contributed by atoms with Crippen LogP contribution in [0.15, 0.2) is 77.2 Å². The van der Waals surface area contributed by atoms with E-state index in [0.29, 0.717) is 21.2 Å². The van der Waals surface area contributed by atoms with Crippen LogP contribution in [-0.4, -0.2) is 34.2 Å². The molecule has 0 aliphatic rings. The second-order valence-electron chi connectivity index (χ2n) is 6.37. The van der Waals surface area contributed by atoms with E-state index in [1.165, 1.54) is 17.6 Å². The summed E-state index contributed by atoms with van der Waals surface area (Å²) in [5, 5.41) is 16.6. The van der Waals surface area contributed by atoms with Crippen molar-refractivity contribution in [3.63, 3.8) is 0 Å². The molecule has 0 aliphatic carbocycles. The zero-order valence-electron chi connectivity index (χ0n) is 16.8. The van der Waals surface area contributed by atoms with E-state index in [2.05, 4.69) is 26.0 Å². The minimum Gasteiger partial charge on any atom is -0.422 e. The topological polar surface area (TPSA) is 123 Å². The standard InChI is InChI=1S/C22H15N5O4S2/c28-18(24-22-27-26-20(33-22)15-5-2-1-3-6-15)19(29)25-23-13-14-8-10-16(11-9-14)31-21(30)17-7-4-12-32-17/h1-13H,(H,25,29)(H,24,27,28). The van der Waals surface area contributed by atoms with Crippen molar-refractivity contribution < 1.29 is 19.1 Å². The van der Waals surface area contributed by atoms with Gasteiger partial charge in [0.1, 0.15) is 15.6 Å². The first-order valence-corrected chi connectivity index (χ1v) is 11.2. The minimum atomic E-state index is -0.954. The zero-order chi connectivity index (χ0) is 23.0. The Labute approximate surface area is 195 Å². The molecule has 11 heteroatoms. The smallest absolute Gasteiger partial charge is 0.353 e. The number of aromatic nitrogens is 2. The molecular formula is C22H15N5O4S2. The maximum absolute atomic E-state index is 12.0. The number of amides is 2. The van der Waals surface area contributed by atoms with Gasteiger partial charge in [-0.3, -0.25) is 14.9 Å². The summed E-state index contributed by atoms with van der Waals surface area (Å²) in [6.45, 7) is 0. The van der Waals surface area contributed by atoms with Gasteiger partial charge in [0.05, 0.1) is 6.21 Å². The molecule has 2 amide bonds. The lowest BCUT2D eigenvalue weighted by Gasteiger charge is -2.03. The van der Waals surface area contributed by atoms with Crippen LogP contribution in [-0.2, 0) is 9.59 Å². The molecule has 0 fully saturated rings. The summed E-state index contributed by atoms with van der Waals surface area (Å²) in [4.78, 5) is 36.5. The van der Waals surface area contributed by atoms with Crippen molar-refractivity contribution in [2.24, 2.45) is 5.10 Å². The van der Waals surface area contributed by atoms with E-state index in [1.807, 2.05) is 30.3 Å². The fourth-order valence-electron chi connectivity index (χ4n) is 2.52. The summed E-state index contributed by atoms with van der Waals surface area (Å²) in [7, 11) is 0. The average Bonchev–Trinajstić information content (AvgIpc) is 3.53. The molecular weight excluding hydrogens is 462 g/mol. The first-order chi connectivity index (χ1) is 16.1. The van der Waals surface area contributed by atoms with Crippen molar-refractivity contribution in [2.75, 3.05) is 5.32 Å². The van der Waals surface area contributed by atoms with Crippen LogP contribution in [0, 0.1) is 0 Å². The van der Waals surface area contributed by atoms with Crippen molar-refractivity contribution in [2.45, 2.75) is 0 Å². The number of hydrogen-bond donors (Lipinski definition) is 2. The molecule has 2 aromatic carbocycles. The maximum Gasteiger partial charge on any atom is 0.353 e. The van der Waals surface area contributed by atoms with Crippen molar-refractivity contribution in [1.29, 1.82) is 0 Å².